The number of hydrogen-bond donors (Lipinski definition) is 4. The molecule has 0 saturated heterocycles. The Kier molecular flexibility index (Phi) is 2.05. The van der Waals surface area contributed by atoms with Gasteiger partial charge in [-0.15, -0.1) is 0 Å². The maximum absolute atomic E-state index is 5.39. The predicted molar refractivity (Wildman–Crippen MR) is 44.7 cm³/mol. The van der Waals surface area contributed by atoms with Gasteiger partial charge in [0.2, 0.25) is 0 Å². The fraction of sp³-hybridized carbons (Fsp3) is 0. The second kappa shape index (κ2) is 3.00. The lowest BCUT2D eigenvalue weighted by Gasteiger charge is -1.97. The smallest absolute Gasteiger partial charge is 0.273 e. The lowest BCUT2D eigenvalue weighted by atomic mass is 10.1. The summed E-state index contributed by atoms with van der Waals surface area (Å²) in [5.41, 5.74) is 12.0. The summed E-state index contributed by atoms with van der Waals surface area (Å²) in [7, 11) is 0. The minimum Gasteiger partial charge on any atom is -0.287 e. The van der Waals surface area contributed by atoms with Gasteiger partial charge in [-0.05, 0) is 6.07 Å². The molecule has 1 heterocycles. The van der Waals surface area contributed by atoms with Gasteiger partial charge < -0.3 is 0 Å². The van der Waals surface area contributed by atoms with Crippen molar-refractivity contribution in [1.29, 1.82) is 0 Å². The van der Waals surface area contributed by atoms with E-state index in [0.29, 0.717) is 11.1 Å². The van der Waals surface area contributed by atoms with E-state index in [1.807, 2.05) is 0 Å². The first kappa shape index (κ1) is 8.19. The van der Waals surface area contributed by atoms with E-state index >= 15 is 0 Å². The number of amidine groups is 2. The summed E-state index contributed by atoms with van der Waals surface area (Å²) in [6.07, 6.45) is 3.09. The topological polar surface area (TPSA) is 116 Å². The van der Waals surface area contributed by atoms with Crippen molar-refractivity contribution in [1.82, 2.24) is 4.98 Å². The van der Waals surface area contributed by atoms with E-state index in [-0.39, 0.29) is 11.7 Å². The fourth-order valence-corrected chi connectivity index (χ4v) is 0.876. The Morgan fingerprint density at radius 2 is 1.75 bits per heavy atom. The highest BCUT2D eigenvalue weighted by atomic mass is 14.8. The van der Waals surface area contributed by atoms with E-state index in [2.05, 4.69) is 4.98 Å². The molecular weight excluding hydrogens is 154 g/mol. The Hall–Kier alpha value is -1.91. The van der Waals surface area contributed by atoms with Crippen LogP contribution in [0.5, 0.6) is 0 Å². The molecule has 5 heteroatoms. The lowest BCUT2D eigenvalue weighted by molar-refractivity contribution is -0.116. The first-order valence-corrected chi connectivity index (χ1v) is 3.33. The van der Waals surface area contributed by atoms with E-state index < -0.39 is 0 Å². The average molecular weight is 165 g/mol. The molecule has 1 aromatic heterocycles. The molecular formula is C7H11N5+2. The summed E-state index contributed by atoms with van der Waals surface area (Å²) in [4.78, 5) is 3.84. The summed E-state index contributed by atoms with van der Waals surface area (Å²) < 4.78 is 0. The third kappa shape index (κ3) is 1.39. The van der Waals surface area contributed by atoms with Crippen LogP contribution < -0.4 is 22.3 Å². The minimum atomic E-state index is 0.159. The molecule has 0 aliphatic rings. The maximum atomic E-state index is 5.39. The summed E-state index contributed by atoms with van der Waals surface area (Å²) in [5, 5.41) is 10.8. The van der Waals surface area contributed by atoms with Crippen molar-refractivity contribution in [2.45, 2.75) is 0 Å². The molecule has 0 fully saturated rings. The molecule has 0 aliphatic carbocycles. The van der Waals surface area contributed by atoms with Gasteiger partial charge in [0.15, 0.2) is 0 Å². The van der Waals surface area contributed by atoms with Crippen LogP contribution in [0.3, 0.4) is 0 Å². The van der Waals surface area contributed by atoms with Crippen molar-refractivity contribution < 1.29 is 10.8 Å². The molecule has 0 amide bonds. The average Bonchev–Trinajstić information content (AvgIpc) is 2.04. The van der Waals surface area contributed by atoms with E-state index in [0.717, 1.165) is 0 Å². The standard InChI is InChI=1S/C7H9N5/c8-6(9)4-1-2-12-3-5(4)7(10)11/h1-3H,(H3,8,9)(H3,10,11)/p+2. The molecule has 0 radical (unpaired) electrons. The van der Waals surface area contributed by atoms with Crippen molar-refractivity contribution >= 4 is 11.7 Å². The highest BCUT2D eigenvalue weighted by molar-refractivity contribution is 6.05. The lowest BCUT2D eigenvalue weighted by Crippen LogP contribution is -2.50. The Balaban J connectivity index is 3.27. The molecule has 0 saturated carbocycles. The van der Waals surface area contributed by atoms with Crippen LogP contribution >= 0.6 is 0 Å². The normalized spacial score (nSPS) is 9.33. The number of nitrogens with two attached hydrogens (primary N) is 4. The van der Waals surface area contributed by atoms with Crippen LogP contribution in [0.2, 0.25) is 0 Å². The van der Waals surface area contributed by atoms with E-state index in [9.17, 15) is 0 Å². The zero-order chi connectivity index (χ0) is 9.14. The van der Waals surface area contributed by atoms with Crippen molar-refractivity contribution in [3.8, 4) is 0 Å². The molecule has 12 heavy (non-hydrogen) atoms. The predicted octanol–water partition coefficient (Wildman–Crippen LogP) is -3.99. The van der Waals surface area contributed by atoms with Gasteiger partial charge in [-0.3, -0.25) is 27.3 Å². The van der Waals surface area contributed by atoms with Gasteiger partial charge in [0.05, 0.1) is 11.1 Å². The zero-order valence-electron chi connectivity index (χ0n) is 6.49. The summed E-state index contributed by atoms with van der Waals surface area (Å²) >= 11 is 0. The summed E-state index contributed by atoms with van der Waals surface area (Å²) in [6, 6.07) is 1.66. The molecule has 0 aromatic carbocycles. The number of nitrogens with zero attached hydrogens (tertiary/aromatic N) is 1. The van der Waals surface area contributed by atoms with Crippen LogP contribution in [0.15, 0.2) is 18.5 Å². The molecule has 0 aliphatic heterocycles. The van der Waals surface area contributed by atoms with Crippen LogP contribution in [0.1, 0.15) is 11.1 Å². The Bertz CT molecular complexity index is 297. The Labute approximate surface area is 69.4 Å². The first-order chi connectivity index (χ1) is 5.63. The van der Waals surface area contributed by atoms with Gasteiger partial charge in [-0.1, -0.05) is 0 Å². The van der Waals surface area contributed by atoms with Crippen LogP contribution in [0, 0.1) is 0 Å². The third-order valence-electron chi connectivity index (χ3n) is 1.44. The highest BCUT2D eigenvalue weighted by Gasteiger charge is 2.13. The van der Waals surface area contributed by atoms with Gasteiger partial charge in [0, 0.05) is 12.4 Å². The zero-order valence-corrected chi connectivity index (χ0v) is 6.49. The van der Waals surface area contributed by atoms with E-state index in [1.54, 1.807) is 12.3 Å². The monoisotopic (exact) mass is 165 g/mol. The van der Waals surface area contributed by atoms with Crippen LogP contribution in [-0.2, 0) is 0 Å². The van der Waals surface area contributed by atoms with Gasteiger partial charge in [0.25, 0.3) is 11.7 Å². The van der Waals surface area contributed by atoms with E-state index in [1.165, 1.54) is 6.20 Å². The van der Waals surface area contributed by atoms with Gasteiger partial charge in [-0.25, -0.2) is 0 Å². The number of pyridine rings is 1. The molecule has 0 unspecified atom stereocenters. The van der Waals surface area contributed by atoms with Gasteiger partial charge in [0.1, 0.15) is 0 Å². The highest BCUT2D eigenvalue weighted by Crippen LogP contribution is 2.01. The number of hydrogen-bond acceptors (Lipinski definition) is 1. The fourth-order valence-electron chi connectivity index (χ4n) is 0.876. The van der Waals surface area contributed by atoms with Crippen molar-refractivity contribution in [3.63, 3.8) is 0 Å². The summed E-state index contributed by atoms with van der Waals surface area (Å²) in [6.45, 7) is 0. The Morgan fingerprint density at radius 1 is 1.17 bits per heavy atom. The van der Waals surface area contributed by atoms with Crippen LogP contribution in [-0.4, -0.2) is 16.7 Å². The summed E-state index contributed by atoms with van der Waals surface area (Å²) in [5.74, 6) is 0.340. The van der Waals surface area contributed by atoms with Crippen molar-refractivity contribution in [2.75, 3.05) is 0 Å². The van der Waals surface area contributed by atoms with Gasteiger partial charge in [-0.2, -0.15) is 0 Å². The maximum Gasteiger partial charge on any atom is 0.273 e. The molecule has 1 aromatic rings. The second-order valence-electron chi connectivity index (χ2n) is 2.33. The minimum absolute atomic E-state index is 0.159. The quantitative estimate of drug-likeness (QED) is 0.264. The van der Waals surface area contributed by atoms with Crippen LogP contribution in [0.25, 0.3) is 0 Å². The van der Waals surface area contributed by atoms with Crippen LogP contribution in [0.4, 0.5) is 0 Å². The Morgan fingerprint density at radius 3 is 2.17 bits per heavy atom. The van der Waals surface area contributed by atoms with E-state index in [4.69, 9.17) is 22.3 Å². The number of aromatic nitrogens is 1. The molecule has 8 N–H and O–H groups in total. The SMILES string of the molecule is NC(=[NH2+])c1ccncc1C(N)=[NH2+]. The molecule has 5 nitrogen and oxygen atoms in total. The first-order valence-electron chi connectivity index (χ1n) is 3.33. The van der Waals surface area contributed by atoms with Crippen molar-refractivity contribution in [3.05, 3.63) is 29.6 Å². The molecule has 62 valence electrons. The molecule has 0 bridgehead atoms. The molecule has 0 atom stereocenters. The largest absolute Gasteiger partial charge is 0.287 e. The third-order valence-corrected chi connectivity index (χ3v) is 1.44. The molecule has 1 rings (SSSR count). The second-order valence-corrected chi connectivity index (χ2v) is 2.33. The van der Waals surface area contributed by atoms with Crippen molar-refractivity contribution in [2.24, 2.45) is 11.5 Å². The number of rotatable bonds is 2. The molecule has 0 spiro atoms. The van der Waals surface area contributed by atoms with Gasteiger partial charge >= 0.3 is 0 Å².